The van der Waals surface area contributed by atoms with Crippen molar-refractivity contribution in [2.45, 2.75) is 19.8 Å². The molecule has 1 aliphatic heterocycles. The summed E-state index contributed by atoms with van der Waals surface area (Å²) in [7, 11) is 0. The molecule has 1 fully saturated rings. The predicted molar refractivity (Wildman–Crippen MR) is 55.2 cm³/mol. The van der Waals surface area contributed by atoms with Crippen molar-refractivity contribution in [3.05, 3.63) is 0 Å². The van der Waals surface area contributed by atoms with Crippen molar-refractivity contribution >= 4 is 11.9 Å². The summed E-state index contributed by atoms with van der Waals surface area (Å²) < 4.78 is 0. The molecule has 2 unspecified atom stereocenters. The zero-order valence-electron chi connectivity index (χ0n) is 8.98. The van der Waals surface area contributed by atoms with Crippen molar-refractivity contribution in [2.75, 3.05) is 19.6 Å². The molecule has 5 heteroatoms. The topological polar surface area (TPSA) is 83.6 Å². The van der Waals surface area contributed by atoms with Gasteiger partial charge in [-0.05, 0) is 19.4 Å². The quantitative estimate of drug-likeness (QED) is 0.684. The Balaban J connectivity index is 2.46. The van der Waals surface area contributed by atoms with Crippen molar-refractivity contribution in [2.24, 2.45) is 17.6 Å². The van der Waals surface area contributed by atoms with Crippen molar-refractivity contribution < 1.29 is 14.7 Å². The number of aliphatic carboxylic acids is 1. The lowest BCUT2D eigenvalue weighted by atomic mass is 10.1. The summed E-state index contributed by atoms with van der Waals surface area (Å²) in [5.74, 6) is -1.26. The van der Waals surface area contributed by atoms with Crippen LogP contribution in [0.5, 0.6) is 0 Å². The fourth-order valence-electron chi connectivity index (χ4n) is 1.85. The maximum absolute atomic E-state index is 11.8. The Kier molecular flexibility index (Phi) is 4.08. The van der Waals surface area contributed by atoms with Crippen molar-refractivity contribution in [1.82, 2.24) is 4.90 Å². The number of carbonyl (C=O) groups excluding carboxylic acids is 1. The third kappa shape index (κ3) is 2.92. The molecular formula is C10H18N2O3. The van der Waals surface area contributed by atoms with Crippen LogP contribution in [0.2, 0.25) is 0 Å². The van der Waals surface area contributed by atoms with Crippen LogP contribution < -0.4 is 5.73 Å². The SMILES string of the molecule is CC(CCN)C(=O)N1CCC(C(=O)O)C1. The van der Waals surface area contributed by atoms with Gasteiger partial charge in [0.05, 0.1) is 5.92 Å². The van der Waals surface area contributed by atoms with Gasteiger partial charge >= 0.3 is 5.97 Å². The van der Waals surface area contributed by atoms with Gasteiger partial charge < -0.3 is 15.7 Å². The van der Waals surface area contributed by atoms with Gasteiger partial charge in [0, 0.05) is 19.0 Å². The molecule has 0 aliphatic carbocycles. The molecule has 1 rings (SSSR count). The van der Waals surface area contributed by atoms with Gasteiger partial charge in [0.1, 0.15) is 0 Å². The fraction of sp³-hybridized carbons (Fsp3) is 0.800. The Hall–Kier alpha value is -1.10. The first-order chi connectivity index (χ1) is 7.06. The molecule has 86 valence electrons. The average molecular weight is 214 g/mol. The number of amides is 1. The standard InChI is InChI=1S/C10H18N2O3/c1-7(2-4-11)9(13)12-5-3-8(6-12)10(14)15/h7-8H,2-6,11H2,1H3,(H,14,15). The summed E-state index contributed by atoms with van der Waals surface area (Å²) in [6, 6.07) is 0. The summed E-state index contributed by atoms with van der Waals surface area (Å²) in [5.41, 5.74) is 5.38. The van der Waals surface area contributed by atoms with Gasteiger partial charge in [-0.25, -0.2) is 0 Å². The molecule has 0 aromatic heterocycles. The van der Waals surface area contributed by atoms with E-state index in [4.69, 9.17) is 10.8 Å². The molecule has 1 amide bonds. The van der Waals surface area contributed by atoms with Crippen LogP contribution in [-0.2, 0) is 9.59 Å². The van der Waals surface area contributed by atoms with Gasteiger partial charge in [0.25, 0.3) is 0 Å². The van der Waals surface area contributed by atoms with E-state index in [2.05, 4.69) is 0 Å². The van der Waals surface area contributed by atoms with Crippen LogP contribution in [0.3, 0.4) is 0 Å². The van der Waals surface area contributed by atoms with Gasteiger partial charge in [-0.2, -0.15) is 0 Å². The van der Waals surface area contributed by atoms with Gasteiger partial charge in [-0.1, -0.05) is 6.92 Å². The Morgan fingerprint density at radius 1 is 1.60 bits per heavy atom. The second kappa shape index (κ2) is 5.11. The lowest BCUT2D eigenvalue weighted by Crippen LogP contribution is -2.34. The molecule has 0 aromatic carbocycles. The van der Waals surface area contributed by atoms with E-state index >= 15 is 0 Å². The molecule has 15 heavy (non-hydrogen) atoms. The van der Waals surface area contributed by atoms with Crippen LogP contribution >= 0.6 is 0 Å². The van der Waals surface area contributed by atoms with E-state index in [1.54, 1.807) is 4.90 Å². The van der Waals surface area contributed by atoms with Crippen LogP contribution in [-0.4, -0.2) is 41.5 Å². The molecule has 5 nitrogen and oxygen atoms in total. The first-order valence-corrected chi connectivity index (χ1v) is 5.28. The number of carboxylic acids is 1. The third-order valence-corrected chi connectivity index (χ3v) is 2.87. The lowest BCUT2D eigenvalue weighted by Gasteiger charge is -2.20. The number of carboxylic acid groups (broad SMARTS) is 1. The number of likely N-dealkylation sites (tertiary alicyclic amines) is 1. The first-order valence-electron chi connectivity index (χ1n) is 5.28. The molecule has 0 saturated carbocycles. The van der Waals surface area contributed by atoms with Crippen LogP contribution in [0, 0.1) is 11.8 Å². The fourth-order valence-corrected chi connectivity index (χ4v) is 1.85. The van der Waals surface area contributed by atoms with E-state index in [9.17, 15) is 9.59 Å². The van der Waals surface area contributed by atoms with E-state index in [-0.39, 0.29) is 17.7 Å². The van der Waals surface area contributed by atoms with Gasteiger partial charge in [-0.3, -0.25) is 9.59 Å². The van der Waals surface area contributed by atoms with Crippen LogP contribution in [0.15, 0.2) is 0 Å². The minimum Gasteiger partial charge on any atom is -0.481 e. The zero-order chi connectivity index (χ0) is 11.4. The molecule has 0 radical (unpaired) electrons. The predicted octanol–water partition coefficient (Wildman–Crippen LogP) is -0.0956. The monoisotopic (exact) mass is 214 g/mol. The highest BCUT2D eigenvalue weighted by atomic mass is 16.4. The highest BCUT2D eigenvalue weighted by Gasteiger charge is 2.32. The van der Waals surface area contributed by atoms with Crippen LogP contribution in [0.25, 0.3) is 0 Å². The minimum absolute atomic E-state index is 0.0317. The summed E-state index contributed by atoms with van der Waals surface area (Å²) in [6.07, 6.45) is 1.23. The largest absolute Gasteiger partial charge is 0.481 e. The Labute approximate surface area is 89.2 Å². The molecule has 0 bridgehead atoms. The number of carbonyl (C=O) groups is 2. The highest BCUT2D eigenvalue weighted by molar-refractivity contribution is 5.80. The molecule has 0 spiro atoms. The van der Waals surface area contributed by atoms with Gasteiger partial charge in [-0.15, -0.1) is 0 Å². The van der Waals surface area contributed by atoms with Gasteiger partial charge in [0.2, 0.25) is 5.91 Å². The molecule has 1 saturated heterocycles. The second-order valence-electron chi connectivity index (χ2n) is 4.09. The Morgan fingerprint density at radius 3 is 2.73 bits per heavy atom. The maximum atomic E-state index is 11.8. The zero-order valence-corrected chi connectivity index (χ0v) is 8.98. The van der Waals surface area contributed by atoms with E-state index in [1.165, 1.54) is 0 Å². The van der Waals surface area contributed by atoms with Crippen molar-refractivity contribution in [3.63, 3.8) is 0 Å². The summed E-state index contributed by atoms with van der Waals surface area (Å²) in [6.45, 7) is 3.24. The van der Waals surface area contributed by atoms with Crippen molar-refractivity contribution in [1.29, 1.82) is 0 Å². The average Bonchev–Trinajstić information content (AvgIpc) is 2.65. The number of rotatable bonds is 4. The highest BCUT2D eigenvalue weighted by Crippen LogP contribution is 2.19. The van der Waals surface area contributed by atoms with Crippen LogP contribution in [0.1, 0.15) is 19.8 Å². The molecule has 1 aliphatic rings. The number of hydrogen-bond donors (Lipinski definition) is 2. The Morgan fingerprint density at radius 2 is 2.27 bits per heavy atom. The molecule has 2 atom stereocenters. The maximum Gasteiger partial charge on any atom is 0.308 e. The summed E-state index contributed by atoms with van der Waals surface area (Å²) in [5, 5.41) is 8.80. The first kappa shape index (κ1) is 12.0. The second-order valence-corrected chi connectivity index (χ2v) is 4.09. The molecular weight excluding hydrogens is 196 g/mol. The van der Waals surface area contributed by atoms with E-state index < -0.39 is 5.97 Å². The molecule has 0 aromatic rings. The van der Waals surface area contributed by atoms with Crippen LogP contribution in [0.4, 0.5) is 0 Å². The third-order valence-electron chi connectivity index (χ3n) is 2.87. The Bertz CT molecular complexity index is 255. The van der Waals surface area contributed by atoms with E-state index in [0.29, 0.717) is 32.5 Å². The normalized spacial score (nSPS) is 22.8. The molecule has 1 heterocycles. The van der Waals surface area contributed by atoms with Crippen molar-refractivity contribution in [3.8, 4) is 0 Å². The smallest absolute Gasteiger partial charge is 0.308 e. The number of nitrogens with two attached hydrogens (primary N) is 1. The van der Waals surface area contributed by atoms with E-state index in [0.717, 1.165) is 0 Å². The lowest BCUT2D eigenvalue weighted by molar-refractivity contribution is -0.141. The van der Waals surface area contributed by atoms with E-state index in [1.807, 2.05) is 6.92 Å². The minimum atomic E-state index is -0.809. The summed E-state index contributed by atoms with van der Waals surface area (Å²) >= 11 is 0. The number of nitrogens with zero attached hydrogens (tertiary/aromatic N) is 1. The summed E-state index contributed by atoms with van der Waals surface area (Å²) in [4.78, 5) is 24.1. The number of hydrogen-bond acceptors (Lipinski definition) is 3. The van der Waals surface area contributed by atoms with Gasteiger partial charge in [0.15, 0.2) is 0 Å². The molecule has 3 N–H and O–H groups in total.